The van der Waals surface area contributed by atoms with Crippen LogP contribution in [-0.4, -0.2) is 52.7 Å². The molecule has 8 heteroatoms. The summed E-state index contributed by atoms with van der Waals surface area (Å²) in [6, 6.07) is 7.29. The van der Waals surface area contributed by atoms with Crippen molar-refractivity contribution < 1.29 is 39.1 Å². The Hall–Kier alpha value is -2.26. The first-order valence-corrected chi connectivity index (χ1v) is 9.62. The molecule has 2 aromatic carbocycles. The molecule has 162 valence electrons. The summed E-state index contributed by atoms with van der Waals surface area (Å²) in [7, 11) is 0. The lowest BCUT2D eigenvalue weighted by atomic mass is 9.96. The molecule has 2 aliphatic heterocycles. The molecule has 0 radical (unpaired) electrons. The van der Waals surface area contributed by atoms with Crippen LogP contribution in [0.5, 0.6) is 11.5 Å². The number of hydrogen-bond donors (Lipinski definition) is 4. The van der Waals surface area contributed by atoms with Gasteiger partial charge >= 0.3 is 0 Å². The van der Waals surface area contributed by atoms with Crippen molar-refractivity contribution in [2.75, 3.05) is 13.0 Å². The molecule has 0 bridgehead atoms. The molecule has 0 saturated heterocycles. The van der Waals surface area contributed by atoms with E-state index in [0.29, 0.717) is 17.7 Å². The van der Waals surface area contributed by atoms with Crippen molar-refractivity contribution >= 4 is 0 Å². The van der Waals surface area contributed by atoms with Crippen LogP contribution < -0.4 is 14.8 Å². The summed E-state index contributed by atoms with van der Waals surface area (Å²) >= 11 is 0. The van der Waals surface area contributed by atoms with Crippen molar-refractivity contribution in [3.8, 4) is 11.5 Å². The Kier molecular flexibility index (Phi) is 4.85. The van der Waals surface area contributed by atoms with Crippen LogP contribution in [-0.2, 0) is 6.42 Å². The predicted molar refractivity (Wildman–Crippen MR) is 104 cm³/mol. The van der Waals surface area contributed by atoms with Crippen LogP contribution in [0.4, 0.5) is 8.78 Å². The van der Waals surface area contributed by atoms with Crippen LogP contribution in [0.2, 0.25) is 0 Å². The van der Waals surface area contributed by atoms with Gasteiger partial charge in [0, 0.05) is 30.5 Å². The number of aryl methyl sites for hydroxylation is 1. The monoisotopic (exact) mass is 425 g/mol. The quantitative estimate of drug-likeness (QED) is 0.565. The third-order valence-electron chi connectivity index (χ3n) is 5.21. The van der Waals surface area contributed by atoms with Gasteiger partial charge in [0.2, 0.25) is 0 Å². The molecule has 4 N–H and O–H groups in total. The SMILES string of the molecule is [2H]C([2H])(NC([2H])([2H])C(O)C1CC(O)c2cc(F)ccc2O1)C(O)C1CCc2cc(F)ccc2O1. The summed E-state index contributed by atoms with van der Waals surface area (Å²) in [5.74, 6) is -0.649. The number of halogens is 2. The lowest BCUT2D eigenvalue weighted by molar-refractivity contribution is -0.0175. The zero-order chi connectivity index (χ0) is 24.8. The van der Waals surface area contributed by atoms with E-state index in [1.807, 2.05) is 5.32 Å². The van der Waals surface area contributed by atoms with E-state index in [-0.39, 0.29) is 24.2 Å². The molecule has 0 saturated carbocycles. The van der Waals surface area contributed by atoms with Crippen molar-refractivity contribution in [2.24, 2.45) is 0 Å². The van der Waals surface area contributed by atoms with E-state index in [1.165, 1.54) is 24.3 Å². The van der Waals surface area contributed by atoms with E-state index in [4.69, 9.17) is 15.0 Å². The Bertz CT molecular complexity index is 1060. The zero-order valence-electron chi connectivity index (χ0n) is 19.9. The van der Waals surface area contributed by atoms with Gasteiger partial charge < -0.3 is 30.1 Å². The highest BCUT2D eigenvalue weighted by Crippen LogP contribution is 2.36. The third-order valence-corrected chi connectivity index (χ3v) is 5.21. The molecule has 0 fully saturated rings. The lowest BCUT2D eigenvalue weighted by Crippen LogP contribution is -2.46. The highest BCUT2D eigenvalue weighted by molar-refractivity contribution is 5.38. The van der Waals surface area contributed by atoms with Gasteiger partial charge in [-0.15, -0.1) is 0 Å². The molecule has 2 heterocycles. The van der Waals surface area contributed by atoms with Crippen molar-refractivity contribution in [1.29, 1.82) is 0 Å². The van der Waals surface area contributed by atoms with E-state index < -0.39 is 55.1 Å². The molecule has 5 unspecified atom stereocenters. The molecule has 0 amide bonds. The number of hydrogen-bond acceptors (Lipinski definition) is 6. The van der Waals surface area contributed by atoms with Gasteiger partial charge in [-0.1, -0.05) is 0 Å². The molecule has 30 heavy (non-hydrogen) atoms. The standard InChI is InChI=1S/C22H25F2NO5/c23-13-2-5-19-12(7-13)1-4-21(29-19)17(27)10-25-11-18(28)22-9-16(26)15-8-14(24)3-6-20(15)30-22/h2-3,5-8,16-18,21-22,25-28H,1,4,9-11H2/i10D2,11D2. The fourth-order valence-electron chi connectivity index (χ4n) is 3.61. The molecule has 5 atom stereocenters. The maximum absolute atomic E-state index is 13.4. The summed E-state index contributed by atoms with van der Waals surface area (Å²) in [6.07, 6.45) is -7.13. The van der Waals surface area contributed by atoms with E-state index in [1.54, 1.807) is 0 Å². The third kappa shape index (κ3) is 4.57. The summed E-state index contributed by atoms with van der Waals surface area (Å²) in [6.45, 7) is -5.55. The van der Waals surface area contributed by atoms with Gasteiger partial charge in [0.15, 0.2) is 0 Å². The molecule has 6 nitrogen and oxygen atoms in total. The van der Waals surface area contributed by atoms with Crippen LogP contribution >= 0.6 is 0 Å². The molecule has 0 spiro atoms. The maximum Gasteiger partial charge on any atom is 0.129 e. The second kappa shape index (κ2) is 8.85. The number of aliphatic hydroxyl groups excluding tert-OH is 3. The molecular weight excluding hydrogens is 396 g/mol. The van der Waals surface area contributed by atoms with Gasteiger partial charge in [-0.25, -0.2) is 8.78 Å². The van der Waals surface area contributed by atoms with Gasteiger partial charge in [-0.2, -0.15) is 0 Å². The number of fused-ring (bicyclic) bond motifs is 2. The Balaban J connectivity index is 1.45. The highest BCUT2D eigenvalue weighted by atomic mass is 19.1. The Morgan fingerprint density at radius 1 is 1.00 bits per heavy atom. The molecule has 4 rings (SSSR count). The largest absolute Gasteiger partial charge is 0.487 e. The van der Waals surface area contributed by atoms with Gasteiger partial charge in [0.25, 0.3) is 0 Å². The Morgan fingerprint density at radius 2 is 1.63 bits per heavy atom. The van der Waals surface area contributed by atoms with Gasteiger partial charge in [0.05, 0.1) is 6.10 Å². The van der Waals surface area contributed by atoms with Gasteiger partial charge in [0.1, 0.15) is 47.5 Å². The predicted octanol–water partition coefficient (Wildman–Crippen LogP) is 1.85. The second-order valence-corrected chi connectivity index (χ2v) is 7.34. The van der Waals surface area contributed by atoms with Crippen LogP contribution in [0, 0.1) is 11.6 Å². The average molecular weight is 425 g/mol. The number of ether oxygens (including phenoxy) is 2. The smallest absolute Gasteiger partial charge is 0.129 e. The first-order chi connectivity index (χ1) is 15.9. The second-order valence-electron chi connectivity index (χ2n) is 7.34. The fourth-order valence-corrected chi connectivity index (χ4v) is 3.61. The minimum atomic E-state index is -2.80. The first kappa shape index (κ1) is 16.4. The van der Waals surface area contributed by atoms with Crippen molar-refractivity contribution in [3.05, 3.63) is 59.2 Å². The first-order valence-electron chi connectivity index (χ1n) is 11.6. The van der Waals surface area contributed by atoms with Crippen LogP contribution in [0.1, 0.15) is 35.6 Å². The average Bonchev–Trinajstić information content (AvgIpc) is 2.77. The van der Waals surface area contributed by atoms with Crippen LogP contribution in [0.25, 0.3) is 0 Å². The number of rotatable bonds is 6. The normalized spacial score (nSPS) is 27.7. The lowest BCUT2D eigenvalue weighted by Gasteiger charge is -2.33. The van der Waals surface area contributed by atoms with E-state index in [0.717, 1.165) is 12.1 Å². The fraction of sp³-hybridized carbons (Fsp3) is 0.455. The van der Waals surface area contributed by atoms with Crippen LogP contribution in [0.15, 0.2) is 36.4 Å². The number of nitrogens with one attached hydrogen (secondary N) is 1. The molecule has 0 aromatic heterocycles. The van der Waals surface area contributed by atoms with Crippen LogP contribution in [0.3, 0.4) is 0 Å². The topological polar surface area (TPSA) is 91.2 Å². The minimum Gasteiger partial charge on any atom is -0.487 e. The van der Waals surface area contributed by atoms with E-state index >= 15 is 0 Å². The van der Waals surface area contributed by atoms with Crippen molar-refractivity contribution in [1.82, 2.24) is 5.32 Å². The molecule has 2 aromatic rings. The van der Waals surface area contributed by atoms with Crippen molar-refractivity contribution in [3.63, 3.8) is 0 Å². The van der Waals surface area contributed by atoms with Gasteiger partial charge in [-0.3, -0.25) is 0 Å². The summed E-state index contributed by atoms with van der Waals surface area (Å²) in [5.41, 5.74) is 0.744. The summed E-state index contributed by atoms with van der Waals surface area (Å²) < 4.78 is 70.9. The zero-order valence-corrected chi connectivity index (χ0v) is 15.9. The van der Waals surface area contributed by atoms with Crippen molar-refractivity contribution in [2.45, 2.75) is 49.8 Å². The number of benzene rings is 2. The summed E-state index contributed by atoms with van der Waals surface area (Å²) in [5, 5.41) is 33.6. The molecule has 2 aliphatic rings. The summed E-state index contributed by atoms with van der Waals surface area (Å²) in [4.78, 5) is 0. The van der Waals surface area contributed by atoms with E-state index in [9.17, 15) is 24.1 Å². The van der Waals surface area contributed by atoms with Gasteiger partial charge in [-0.05, 0) is 54.8 Å². The minimum absolute atomic E-state index is 0.0775. The maximum atomic E-state index is 13.4. The molecular formula is C22H25F2NO5. The Labute approximate surface area is 178 Å². The number of aliphatic hydroxyl groups is 3. The Morgan fingerprint density at radius 3 is 2.40 bits per heavy atom. The molecule has 0 aliphatic carbocycles. The highest BCUT2D eigenvalue weighted by Gasteiger charge is 2.32. The van der Waals surface area contributed by atoms with E-state index in [2.05, 4.69) is 0 Å².